The fourth-order valence-electron chi connectivity index (χ4n) is 4.97. The third kappa shape index (κ3) is 2.24. The molecular weight excluding hydrogens is 350 g/mol. The van der Waals surface area contributed by atoms with E-state index in [4.69, 9.17) is 4.74 Å². The van der Waals surface area contributed by atoms with E-state index < -0.39 is 5.91 Å². The summed E-state index contributed by atoms with van der Waals surface area (Å²) in [5.74, 6) is 1.65. The molecule has 2 unspecified atom stereocenters. The van der Waals surface area contributed by atoms with Crippen molar-refractivity contribution >= 4 is 29.0 Å². The van der Waals surface area contributed by atoms with E-state index in [-0.39, 0.29) is 16.6 Å². The molecule has 5 nitrogen and oxygen atoms in total. The Morgan fingerprint density at radius 3 is 2.65 bits per heavy atom. The van der Waals surface area contributed by atoms with Crippen LogP contribution in [-0.4, -0.2) is 21.9 Å². The minimum absolute atomic E-state index is 0.237. The van der Waals surface area contributed by atoms with Gasteiger partial charge in [-0.2, -0.15) is 0 Å². The average molecular weight is 371 g/mol. The Kier molecular flexibility index (Phi) is 3.30. The lowest BCUT2D eigenvalue weighted by molar-refractivity contribution is -0.115. The number of thioether (sulfide) groups is 1. The lowest BCUT2D eigenvalue weighted by Crippen LogP contribution is -2.34. The van der Waals surface area contributed by atoms with E-state index >= 15 is 0 Å². The summed E-state index contributed by atoms with van der Waals surface area (Å²) in [6.45, 7) is 4.19. The van der Waals surface area contributed by atoms with Crippen molar-refractivity contribution in [3.8, 4) is 11.5 Å². The summed E-state index contributed by atoms with van der Waals surface area (Å²) in [7, 11) is 0. The number of amides is 2. The molecule has 136 valence electrons. The molecule has 2 heterocycles. The van der Waals surface area contributed by atoms with E-state index in [1.807, 2.05) is 0 Å². The van der Waals surface area contributed by atoms with Gasteiger partial charge in [-0.05, 0) is 75.6 Å². The molecular formula is C20H21NO4S. The first-order valence-corrected chi connectivity index (χ1v) is 10.0. The van der Waals surface area contributed by atoms with Crippen molar-refractivity contribution < 1.29 is 19.4 Å². The number of benzene rings is 1. The smallest absolute Gasteiger partial charge is 0.290 e. The molecule has 2 bridgehead atoms. The van der Waals surface area contributed by atoms with Crippen LogP contribution < -0.4 is 10.1 Å². The van der Waals surface area contributed by atoms with Gasteiger partial charge in [0.05, 0.1) is 4.91 Å². The summed E-state index contributed by atoms with van der Waals surface area (Å²) < 4.78 is 6.41. The molecule has 2 aliphatic heterocycles. The quantitative estimate of drug-likeness (QED) is 0.724. The van der Waals surface area contributed by atoms with Gasteiger partial charge in [-0.3, -0.25) is 14.9 Å². The van der Waals surface area contributed by atoms with Crippen molar-refractivity contribution in [2.45, 2.75) is 63.4 Å². The van der Waals surface area contributed by atoms with E-state index in [1.54, 1.807) is 6.08 Å². The molecule has 2 aliphatic carbocycles. The number of hydrogen-bond acceptors (Lipinski definition) is 5. The van der Waals surface area contributed by atoms with Gasteiger partial charge in [-0.25, -0.2) is 0 Å². The number of carbonyl (C=O) groups excluding carboxylic acids is 2. The number of ether oxygens (including phenoxy) is 1. The van der Waals surface area contributed by atoms with Gasteiger partial charge in [0.15, 0.2) is 0 Å². The van der Waals surface area contributed by atoms with Crippen LogP contribution >= 0.6 is 11.8 Å². The largest absolute Gasteiger partial charge is 0.507 e. The molecule has 0 radical (unpaired) electrons. The zero-order valence-corrected chi connectivity index (χ0v) is 15.7. The Balaban J connectivity index is 1.74. The summed E-state index contributed by atoms with van der Waals surface area (Å²) in [5.41, 5.74) is 3.62. The molecule has 2 fully saturated rings. The molecule has 1 aromatic rings. The summed E-state index contributed by atoms with van der Waals surface area (Å²) in [4.78, 5) is 23.8. The maximum atomic E-state index is 12.0. The van der Waals surface area contributed by atoms with Crippen molar-refractivity contribution in [3.05, 3.63) is 27.2 Å². The second kappa shape index (κ2) is 5.28. The average Bonchev–Trinajstić information content (AvgIpc) is 3.25. The van der Waals surface area contributed by atoms with Gasteiger partial charge in [-0.15, -0.1) is 0 Å². The van der Waals surface area contributed by atoms with Crippen LogP contribution in [0.2, 0.25) is 0 Å². The number of imide groups is 1. The van der Waals surface area contributed by atoms with E-state index in [1.165, 1.54) is 5.56 Å². The van der Waals surface area contributed by atoms with Gasteiger partial charge in [-0.1, -0.05) is 0 Å². The number of phenolic OH excluding ortho intramolecular Hbond substituents is 1. The van der Waals surface area contributed by atoms with Crippen LogP contribution in [0.15, 0.2) is 4.91 Å². The van der Waals surface area contributed by atoms with Crippen LogP contribution in [0.1, 0.15) is 73.6 Å². The number of carbonyl (C=O) groups is 2. The van der Waals surface area contributed by atoms with E-state index in [2.05, 4.69) is 19.2 Å². The number of aromatic hydroxyl groups is 1. The number of phenols is 1. The van der Waals surface area contributed by atoms with E-state index in [0.717, 1.165) is 60.7 Å². The van der Waals surface area contributed by atoms with Crippen LogP contribution in [0.25, 0.3) is 6.08 Å². The SMILES string of the molecule is CC1(C)CCc2c(/C=C3\SC(=O)NC3=O)c(O)c3c(c2O1)C1CCC3C1. The highest BCUT2D eigenvalue weighted by Crippen LogP contribution is 2.61. The van der Waals surface area contributed by atoms with Gasteiger partial charge >= 0.3 is 0 Å². The fourth-order valence-corrected chi connectivity index (χ4v) is 5.64. The van der Waals surface area contributed by atoms with E-state index in [9.17, 15) is 14.7 Å². The second-order valence-corrected chi connectivity index (χ2v) is 9.33. The maximum Gasteiger partial charge on any atom is 0.290 e. The predicted molar refractivity (Wildman–Crippen MR) is 99.6 cm³/mol. The van der Waals surface area contributed by atoms with Crippen LogP contribution in [0.5, 0.6) is 11.5 Å². The Morgan fingerprint density at radius 1 is 1.23 bits per heavy atom. The normalized spacial score (nSPS) is 29.5. The molecule has 6 heteroatoms. The Bertz CT molecular complexity index is 902. The minimum atomic E-state index is -0.396. The standard InChI is InChI=1S/C20H21NO4S/c1-20(2)6-5-11-12(8-13-18(23)21-19(24)26-13)16(22)14-9-3-4-10(7-9)15(14)17(11)25-20/h8-10,22H,3-7H2,1-2H3,(H,21,23,24)/b13-8-. The summed E-state index contributed by atoms with van der Waals surface area (Å²) in [6.07, 6.45) is 6.64. The molecule has 4 aliphatic rings. The molecule has 1 saturated carbocycles. The molecule has 2 amide bonds. The van der Waals surface area contributed by atoms with Gasteiger partial charge in [0.2, 0.25) is 0 Å². The number of nitrogens with one attached hydrogen (secondary N) is 1. The monoisotopic (exact) mass is 371 g/mol. The molecule has 1 aromatic carbocycles. The number of rotatable bonds is 1. The number of fused-ring (bicyclic) bond motifs is 7. The lowest BCUT2D eigenvalue weighted by Gasteiger charge is -2.37. The van der Waals surface area contributed by atoms with Crippen molar-refractivity contribution in [1.82, 2.24) is 5.32 Å². The van der Waals surface area contributed by atoms with Crippen LogP contribution in [-0.2, 0) is 11.2 Å². The second-order valence-electron chi connectivity index (χ2n) is 8.32. The maximum absolute atomic E-state index is 12.0. The van der Waals surface area contributed by atoms with Gasteiger partial charge in [0, 0.05) is 22.3 Å². The highest BCUT2D eigenvalue weighted by Gasteiger charge is 2.45. The lowest BCUT2D eigenvalue weighted by atomic mass is 9.82. The first-order chi connectivity index (χ1) is 12.3. The highest BCUT2D eigenvalue weighted by molar-refractivity contribution is 8.18. The van der Waals surface area contributed by atoms with Gasteiger partial charge in [0.1, 0.15) is 17.1 Å². The highest BCUT2D eigenvalue weighted by atomic mass is 32.2. The molecule has 1 saturated heterocycles. The zero-order chi connectivity index (χ0) is 18.2. The first kappa shape index (κ1) is 16.2. The van der Waals surface area contributed by atoms with Crippen molar-refractivity contribution in [3.63, 3.8) is 0 Å². The van der Waals surface area contributed by atoms with Crippen molar-refractivity contribution in [1.29, 1.82) is 0 Å². The molecule has 0 spiro atoms. The topological polar surface area (TPSA) is 75.6 Å². The molecule has 0 aromatic heterocycles. The van der Waals surface area contributed by atoms with Gasteiger partial charge in [0.25, 0.3) is 11.1 Å². The first-order valence-electron chi connectivity index (χ1n) is 9.19. The third-order valence-electron chi connectivity index (χ3n) is 6.17. The zero-order valence-electron chi connectivity index (χ0n) is 14.8. The summed E-state index contributed by atoms with van der Waals surface area (Å²) in [6, 6.07) is 0. The van der Waals surface area contributed by atoms with Crippen LogP contribution in [0.3, 0.4) is 0 Å². The van der Waals surface area contributed by atoms with Gasteiger partial charge < -0.3 is 9.84 Å². The molecule has 2 N–H and O–H groups in total. The van der Waals surface area contributed by atoms with E-state index in [0.29, 0.717) is 22.3 Å². The molecule has 2 atom stereocenters. The van der Waals surface area contributed by atoms with Crippen molar-refractivity contribution in [2.24, 2.45) is 0 Å². The minimum Gasteiger partial charge on any atom is -0.507 e. The summed E-state index contributed by atoms with van der Waals surface area (Å²) in [5, 5.41) is 13.0. The Hall–Kier alpha value is -1.95. The van der Waals surface area contributed by atoms with Crippen molar-refractivity contribution in [2.75, 3.05) is 0 Å². The molecule has 26 heavy (non-hydrogen) atoms. The summed E-state index contributed by atoms with van der Waals surface area (Å²) >= 11 is 0.886. The predicted octanol–water partition coefficient (Wildman–Crippen LogP) is 4.18. The Morgan fingerprint density at radius 2 is 1.96 bits per heavy atom. The fraction of sp³-hybridized carbons (Fsp3) is 0.500. The molecule has 5 rings (SSSR count). The van der Waals surface area contributed by atoms with Crippen LogP contribution in [0, 0.1) is 0 Å². The Labute approximate surface area is 156 Å². The third-order valence-corrected chi connectivity index (χ3v) is 6.98. The number of hydrogen-bond donors (Lipinski definition) is 2. The van der Waals surface area contributed by atoms with Crippen LogP contribution in [0.4, 0.5) is 4.79 Å².